The van der Waals surface area contributed by atoms with Gasteiger partial charge in [0, 0.05) is 0 Å². The molecule has 0 aromatic carbocycles. The lowest BCUT2D eigenvalue weighted by Crippen LogP contribution is -2.65. The molecule has 0 radical (unpaired) electrons. The lowest BCUT2D eigenvalue weighted by molar-refractivity contribution is -0.154. The molecule has 2 bridgehead atoms. The van der Waals surface area contributed by atoms with E-state index in [0.717, 1.165) is 5.92 Å². The summed E-state index contributed by atoms with van der Waals surface area (Å²) in [4.78, 5) is 11.2. The maximum atomic E-state index is 11.2. The molecular weight excluding hydrogens is 178 g/mol. The van der Waals surface area contributed by atoms with Crippen LogP contribution in [0.3, 0.4) is 0 Å². The van der Waals surface area contributed by atoms with Crippen LogP contribution in [0.1, 0.15) is 27.2 Å². The summed E-state index contributed by atoms with van der Waals surface area (Å²) in [6, 6.07) is 0.275. The van der Waals surface area contributed by atoms with Gasteiger partial charge in [0.15, 0.2) is 0 Å². The molecule has 4 fully saturated rings. The van der Waals surface area contributed by atoms with Gasteiger partial charge in [-0.15, -0.1) is 0 Å². The van der Waals surface area contributed by atoms with Gasteiger partial charge in [-0.2, -0.15) is 0 Å². The molecule has 1 N–H and O–H groups in total. The second kappa shape index (κ2) is 2.26. The Morgan fingerprint density at radius 2 is 2.14 bits per heavy atom. The minimum atomic E-state index is -0.213. The predicted molar refractivity (Wildman–Crippen MR) is 51.7 cm³/mol. The summed E-state index contributed by atoms with van der Waals surface area (Å²) in [5.41, 5.74) is 0.390. The first-order valence-corrected chi connectivity index (χ1v) is 5.49. The fourth-order valence-electron chi connectivity index (χ4n) is 3.94. The van der Waals surface area contributed by atoms with Gasteiger partial charge < -0.3 is 10.1 Å². The van der Waals surface area contributed by atoms with Crippen molar-refractivity contribution in [3.63, 3.8) is 0 Å². The number of ether oxygens (including phenoxy) is 1. The highest BCUT2D eigenvalue weighted by Crippen LogP contribution is 2.62. The van der Waals surface area contributed by atoms with Gasteiger partial charge in [-0.3, -0.25) is 0 Å². The summed E-state index contributed by atoms with van der Waals surface area (Å²) in [7, 11) is 0. The molecule has 1 heterocycles. The molecule has 3 nitrogen and oxygen atoms in total. The fourth-order valence-corrected chi connectivity index (χ4v) is 3.94. The quantitative estimate of drug-likeness (QED) is 0.639. The van der Waals surface area contributed by atoms with Crippen molar-refractivity contribution in [3.05, 3.63) is 0 Å². The van der Waals surface area contributed by atoms with Crippen LogP contribution in [-0.4, -0.2) is 18.2 Å². The van der Waals surface area contributed by atoms with Crippen molar-refractivity contribution in [2.45, 2.75) is 39.3 Å². The molecule has 3 saturated carbocycles. The van der Waals surface area contributed by atoms with E-state index in [1.165, 1.54) is 6.42 Å². The second-order valence-electron chi connectivity index (χ2n) is 5.67. The van der Waals surface area contributed by atoms with E-state index in [-0.39, 0.29) is 18.2 Å². The van der Waals surface area contributed by atoms with E-state index in [0.29, 0.717) is 17.3 Å². The Labute approximate surface area is 84.2 Å². The number of alkyl carbamates (subject to hydrolysis) is 1. The summed E-state index contributed by atoms with van der Waals surface area (Å²) in [5.74, 6) is 1.88. The van der Waals surface area contributed by atoms with Crippen LogP contribution < -0.4 is 5.32 Å². The molecule has 4 aliphatic rings. The summed E-state index contributed by atoms with van der Waals surface area (Å²) in [6.07, 6.45) is 1.19. The first kappa shape index (κ1) is 8.57. The Bertz CT molecular complexity index is 300. The first-order valence-electron chi connectivity index (χ1n) is 5.49. The van der Waals surface area contributed by atoms with Crippen LogP contribution >= 0.6 is 0 Å². The number of carbonyl (C=O) groups is 1. The topological polar surface area (TPSA) is 38.3 Å². The fraction of sp³-hybridized carbons (Fsp3) is 0.909. The number of hydrogen-bond donors (Lipinski definition) is 1. The van der Waals surface area contributed by atoms with Gasteiger partial charge in [-0.25, -0.2) is 4.79 Å². The van der Waals surface area contributed by atoms with Gasteiger partial charge in [-0.1, -0.05) is 20.8 Å². The van der Waals surface area contributed by atoms with E-state index < -0.39 is 0 Å². The SMILES string of the molecule is CC1C2OC(=O)NC2C2CC1C2(C)C. The number of rotatable bonds is 0. The van der Waals surface area contributed by atoms with E-state index in [2.05, 4.69) is 26.1 Å². The molecule has 14 heavy (non-hydrogen) atoms. The van der Waals surface area contributed by atoms with Gasteiger partial charge >= 0.3 is 6.09 Å². The molecule has 5 atom stereocenters. The molecule has 3 heteroatoms. The van der Waals surface area contributed by atoms with Crippen LogP contribution in [-0.2, 0) is 4.74 Å². The summed E-state index contributed by atoms with van der Waals surface area (Å²) in [6.45, 7) is 6.87. The zero-order chi connectivity index (χ0) is 10.1. The van der Waals surface area contributed by atoms with E-state index in [9.17, 15) is 4.79 Å². The van der Waals surface area contributed by atoms with Crippen molar-refractivity contribution in [3.8, 4) is 0 Å². The minimum Gasteiger partial charge on any atom is -0.444 e. The summed E-state index contributed by atoms with van der Waals surface area (Å²) in [5, 5.41) is 2.97. The highest BCUT2D eigenvalue weighted by Gasteiger charge is 2.64. The van der Waals surface area contributed by atoms with Crippen molar-refractivity contribution >= 4 is 6.09 Å². The molecule has 1 saturated heterocycles. The first-order chi connectivity index (χ1) is 6.51. The van der Waals surface area contributed by atoms with E-state index in [1.807, 2.05) is 0 Å². The molecule has 4 rings (SSSR count). The van der Waals surface area contributed by atoms with Gasteiger partial charge in [0.05, 0.1) is 6.04 Å². The number of amides is 1. The zero-order valence-electron chi connectivity index (χ0n) is 8.91. The van der Waals surface area contributed by atoms with Gasteiger partial charge in [0.1, 0.15) is 6.10 Å². The van der Waals surface area contributed by atoms with Crippen LogP contribution in [0.15, 0.2) is 0 Å². The van der Waals surface area contributed by atoms with Gasteiger partial charge in [-0.05, 0) is 29.6 Å². The van der Waals surface area contributed by atoms with E-state index in [4.69, 9.17) is 4.74 Å². The smallest absolute Gasteiger partial charge is 0.407 e. The number of carbonyl (C=O) groups excluding carboxylic acids is 1. The molecule has 0 aromatic rings. The Balaban J connectivity index is 1.94. The summed E-state index contributed by atoms with van der Waals surface area (Å²) < 4.78 is 5.32. The van der Waals surface area contributed by atoms with Crippen LogP contribution in [0.5, 0.6) is 0 Å². The molecular formula is C11H17NO2. The molecule has 5 unspecified atom stereocenters. The Morgan fingerprint density at radius 3 is 2.79 bits per heavy atom. The maximum Gasteiger partial charge on any atom is 0.407 e. The van der Waals surface area contributed by atoms with Crippen LogP contribution in [0.2, 0.25) is 0 Å². The number of hydrogen-bond acceptors (Lipinski definition) is 2. The van der Waals surface area contributed by atoms with E-state index >= 15 is 0 Å². The average Bonchev–Trinajstić information content (AvgIpc) is 2.45. The molecule has 1 aliphatic heterocycles. The largest absolute Gasteiger partial charge is 0.444 e. The highest BCUT2D eigenvalue weighted by molar-refractivity contribution is 5.70. The zero-order valence-corrected chi connectivity index (χ0v) is 8.91. The van der Waals surface area contributed by atoms with Crippen molar-refractivity contribution in [1.82, 2.24) is 5.32 Å². The van der Waals surface area contributed by atoms with Crippen LogP contribution in [0, 0.1) is 23.2 Å². The average molecular weight is 195 g/mol. The van der Waals surface area contributed by atoms with Crippen molar-refractivity contribution < 1.29 is 9.53 Å². The lowest BCUT2D eigenvalue weighted by atomic mass is 9.43. The second-order valence-corrected chi connectivity index (χ2v) is 5.67. The third kappa shape index (κ3) is 0.771. The Hall–Kier alpha value is -0.730. The van der Waals surface area contributed by atoms with Crippen LogP contribution in [0.25, 0.3) is 0 Å². The van der Waals surface area contributed by atoms with E-state index in [1.54, 1.807) is 0 Å². The Kier molecular flexibility index (Phi) is 1.38. The molecule has 3 aliphatic carbocycles. The van der Waals surface area contributed by atoms with Crippen molar-refractivity contribution in [2.75, 3.05) is 0 Å². The van der Waals surface area contributed by atoms with Crippen molar-refractivity contribution in [1.29, 1.82) is 0 Å². The summed E-state index contributed by atoms with van der Waals surface area (Å²) >= 11 is 0. The van der Waals surface area contributed by atoms with Gasteiger partial charge in [0.2, 0.25) is 0 Å². The normalized spacial score (nSPS) is 52.8. The molecule has 0 aromatic heterocycles. The third-order valence-electron chi connectivity index (χ3n) is 4.89. The Morgan fingerprint density at radius 1 is 1.43 bits per heavy atom. The minimum absolute atomic E-state index is 0.138. The monoisotopic (exact) mass is 195 g/mol. The third-order valence-corrected chi connectivity index (χ3v) is 4.89. The molecule has 1 amide bonds. The standard InChI is InChI=1S/C11H17NO2/c1-5-6-4-7(11(6,2)3)8-9(5)14-10(13)12-8/h5-9H,4H2,1-3H3,(H,12,13). The lowest BCUT2D eigenvalue weighted by Gasteiger charge is -2.62. The maximum absolute atomic E-state index is 11.2. The van der Waals surface area contributed by atoms with Gasteiger partial charge in [0.25, 0.3) is 0 Å². The molecule has 78 valence electrons. The van der Waals surface area contributed by atoms with Crippen LogP contribution in [0.4, 0.5) is 4.79 Å². The predicted octanol–water partition coefficient (Wildman–Crippen LogP) is 1.78. The molecule has 0 spiro atoms. The highest BCUT2D eigenvalue weighted by atomic mass is 16.6. The number of nitrogens with one attached hydrogen (secondary N) is 1. The van der Waals surface area contributed by atoms with Crippen molar-refractivity contribution in [2.24, 2.45) is 23.2 Å².